The first-order chi connectivity index (χ1) is 11.2. The molecular formula is C16H16N4O2S. The summed E-state index contributed by atoms with van der Waals surface area (Å²) in [5, 5.41) is 7.18. The lowest BCUT2D eigenvalue weighted by Gasteiger charge is -2.05. The largest absolute Gasteiger partial charge is 0.354 e. The summed E-state index contributed by atoms with van der Waals surface area (Å²) in [6.45, 7) is 0.435. The van der Waals surface area contributed by atoms with Gasteiger partial charge in [0.25, 0.3) is 5.91 Å². The molecule has 3 aromatic rings. The zero-order chi connectivity index (χ0) is 16.1. The van der Waals surface area contributed by atoms with Crippen LogP contribution >= 0.6 is 11.3 Å². The monoisotopic (exact) mass is 328 g/mol. The maximum Gasteiger partial charge on any atom is 0.261 e. The number of aromatic amines is 1. The highest BCUT2D eigenvalue weighted by molar-refractivity contribution is 7.12. The molecule has 0 atom stereocenters. The van der Waals surface area contributed by atoms with Gasteiger partial charge in [-0.2, -0.15) is 0 Å². The van der Waals surface area contributed by atoms with Gasteiger partial charge < -0.3 is 15.6 Å². The number of carbonyl (C=O) groups excluding carboxylic acids is 2. The number of hydrogen-bond donors (Lipinski definition) is 3. The van der Waals surface area contributed by atoms with Gasteiger partial charge in [0.05, 0.1) is 22.5 Å². The van der Waals surface area contributed by atoms with Gasteiger partial charge in [-0.15, -0.1) is 11.3 Å². The van der Waals surface area contributed by atoms with Crippen LogP contribution in [0.25, 0.3) is 11.0 Å². The lowest BCUT2D eigenvalue weighted by Crippen LogP contribution is -2.37. The number of aromatic nitrogens is 2. The summed E-state index contributed by atoms with van der Waals surface area (Å²) >= 11 is 1.34. The van der Waals surface area contributed by atoms with Crippen molar-refractivity contribution >= 4 is 34.2 Å². The quantitative estimate of drug-likeness (QED) is 0.644. The average Bonchev–Trinajstić information content (AvgIpc) is 3.21. The Morgan fingerprint density at radius 3 is 2.78 bits per heavy atom. The minimum Gasteiger partial charge on any atom is -0.354 e. The minimum absolute atomic E-state index is 0.0309. The Kier molecular flexibility index (Phi) is 4.68. The zero-order valence-corrected chi connectivity index (χ0v) is 13.2. The second-order valence-corrected chi connectivity index (χ2v) is 5.91. The Hall–Kier alpha value is -2.67. The summed E-state index contributed by atoms with van der Waals surface area (Å²) in [7, 11) is 0. The molecule has 2 aromatic heterocycles. The van der Waals surface area contributed by atoms with E-state index in [-0.39, 0.29) is 18.4 Å². The first-order valence-electron chi connectivity index (χ1n) is 7.24. The summed E-state index contributed by atoms with van der Waals surface area (Å²) in [6, 6.07) is 11.3. The second kappa shape index (κ2) is 7.06. The molecule has 0 spiro atoms. The second-order valence-electron chi connectivity index (χ2n) is 4.96. The van der Waals surface area contributed by atoms with E-state index in [0.29, 0.717) is 17.8 Å². The number of amides is 2. The number of thiophene rings is 1. The molecule has 23 heavy (non-hydrogen) atoms. The Morgan fingerprint density at radius 2 is 2.00 bits per heavy atom. The average molecular weight is 328 g/mol. The molecule has 0 aliphatic carbocycles. The summed E-state index contributed by atoms with van der Waals surface area (Å²) in [6.07, 6.45) is 0.610. The molecule has 118 valence electrons. The molecule has 0 bridgehead atoms. The molecule has 0 aliphatic heterocycles. The third-order valence-electron chi connectivity index (χ3n) is 3.28. The van der Waals surface area contributed by atoms with Crippen LogP contribution in [0.5, 0.6) is 0 Å². The van der Waals surface area contributed by atoms with Crippen LogP contribution in [0, 0.1) is 0 Å². The molecule has 0 saturated heterocycles. The molecule has 6 nitrogen and oxygen atoms in total. The lowest BCUT2D eigenvalue weighted by atomic mass is 10.3. The first-order valence-corrected chi connectivity index (χ1v) is 8.12. The van der Waals surface area contributed by atoms with E-state index in [2.05, 4.69) is 20.6 Å². The van der Waals surface area contributed by atoms with Crippen molar-refractivity contribution in [2.75, 3.05) is 13.1 Å². The number of benzene rings is 1. The van der Waals surface area contributed by atoms with Gasteiger partial charge in [-0.05, 0) is 23.6 Å². The third-order valence-corrected chi connectivity index (χ3v) is 4.15. The van der Waals surface area contributed by atoms with Crippen LogP contribution in [-0.2, 0) is 11.2 Å². The van der Waals surface area contributed by atoms with Crippen LogP contribution in [0.1, 0.15) is 15.5 Å². The van der Waals surface area contributed by atoms with Crippen molar-refractivity contribution in [2.45, 2.75) is 6.42 Å². The number of carbonyl (C=O) groups is 2. The molecule has 2 amide bonds. The van der Waals surface area contributed by atoms with Gasteiger partial charge in [0.1, 0.15) is 5.82 Å². The number of fused-ring (bicyclic) bond motifs is 1. The fraction of sp³-hybridized carbons (Fsp3) is 0.188. The van der Waals surface area contributed by atoms with E-state index < -0.39 is 0 Å². The van der Waals surface area contributed by atoms with Crippen LogP contribution in [0.2, 0.25) is 0 Å². The van der Waals surface area contributed by atoms with E-state index in [1.807, 2.05) is 29.6 Å². The standard InChI is InChI=1S/C16H16N4O2S/c21-15(10-18-16(22)13-6-3-9-23-13)17-8-7-14-19-11-4-1-2-5-12(11)20-14/h1-6,9H,7-8,10H2,(H,17,21)(H,18,22)(H,19,20). The van der Waals surface area contributed by atoms with Crippen molar-refractivity contribution in [1.29, 1.82) is 0 Å². The number of nitrogens with one attached hydrogen (secondary N) is 3. The van der Waals surface area contributed by atoms with E-state index in [1.165, 1.54) is 11.3 Å². The molecule has 1 aromatic carbocycles. The van der Waals surface area contributed by atoms with Gasteiger partial charge in [0.2, 0.25) is 5.91 Å². The van der Waals surface area contributed by atoms with Gasteiger partial charge in [-0.3, -0.25) is 9.59 Å². The molecule has 0 saturated carbocycles. The molecule has 3 N–H and O–H groups in total. The van der Waals surface area contributed by atoms with Crippen LogP contribution in [0.15, 0.2) is 41.8 Å². The predicted octanol–water partition coefficient (Wildman–Crippen LogP) is 1.71. The Labute approximate surface area is 136 Å². The molecule has 7 heteroatoms. The summed E-state index contributed by atoms with van der Waals surface area (Å²) in [5.74, 6) is 0.382. The summed E-state index contributed by atoms with van der Waals surface area (Å²) < 4.78 is 0. The number of H-pyrrole nitrogens is 1. The van der Waals surface area contributed by atoms with Gasteiger partial charge >= 0.3 is 0 Å². The molecule has 3 rings (SSSR count). The van der Waals surface area contributed by atoms with Crippen molar-refractivity contribution in [1.82, 2.24) is 20.6 Å². The normalized spacial score (nSPS) is 10.6. The van der Waals surface area contributed by atoms with Crippen LogP contribution in [0.4, 0.5) is 0 Å². The first kappa shape index (κ1) is 15.2. The van der Waals surface area contributed by atoms with Gasteiger partial charge in [-0.25, -0.2) is 4.98 Å². The topological polar surface area (TPSA) is 86.9 Å². The summed E-state index contributed by atoms with van der Waals surface area (Å²) in [5.41, 5.74) is 1.90. The van der Waals surface area contributed by atoms with E-state index >= 15 is 0 Å². The van der Waals surface area contributed by atoms with Crippen LogP contribution in [-0.4, -0.2) is 34.9 Å². The fourth-order valence-electron chi connectivity index (χ4n) is 2.16. The zero-order valence-electron chi connectivity index (χ0n) is 12.3. The predicted molar refractivity (Wildman–Crippen MR) is 89.5 cm³/mol. The molecule has 2 heterocycles. The van der Waals surface area contributed by atoms with Crippen molar-refractivity contribution in [3.8, 4) is 0 Å². The maximum atomic E-state index is 11.7. The Bertz CT molecular complexity index is 777. The molecule has 0 radical (unpaired) electrons. The highest BCUT2D eigenvalue weighted by Gasteiger charge is 2.08. The SMILES string of the molecule is O=C(CNC(=O)c1cccs1)NCCc1nc2ccccc2[nH]1. The maximum absolute atomic E-state index is 11.7. The van der Waals surface area contributed by atoms with Gasteiger partial charge in [0, 0.05) is 13.0 Å². The number of hydrogen-bond acceptors (Lipinski definition) is 4. The molecule has 0 aliphatic rings. The molecular weight excluding hydrogens is 312 g/mol. The molecule has 0 unspecified atom stereocenters. The molecule has 0 fully saturated rings. The smallest absolute Gasteiger partial charge is 0.261 e. The number of para-hydroxylation sites is 2. The van der Waals surface area contributed by atoms with E-state index in [0.717, 1.165) is 16.9 Å². The fourth-order valence-corrected chi connectivity index (χ4v) is 2.80. The van der Waals surface area contributed by atoms with Gasteiger partial charge in [-0.1, -0.05) is 18.2 Å². The summed E-state index contributed by atoms with van der Waals surface area (Å²) in [4.78, 5) is 31.7. The van der Waals surface area contributed by atoms with Crippen LogP contribution in [0.3, 0.4) is 0 Å². The highest BCUT2D eigenvalue weighted by Crippen LogP contribution is 2.10. The highest BCUT2D eigenvalue weighted by atomic mass is 32.1. The lowest BCUT2D eigenvalue weighted by molar-refractivity contribution is -0.120. The van der Waals surface area contributed by atoms with Crippen molar-refractivity contribution < 1.29 is 9.59 Å². The Morgan fingerprint density at radius 1 is 1.13 bits per heavy atom. The Balaban J connectivity index is 1.41. The van der Waals surface area contributed by atoms with Crippen molar-refractivity contribution in [2.24, 2.45) is 0 Å². The number of nitrogens with zero attached hydrogens (tertiary/aromatic N) is 1. The number of imidazole rings is 1. The van der Waals surface area contributed by atoms with Gasteiger partial charge in [0.15, 0.2) is 0 Å². The van der Waals surface area contributed by atoms with E-state index in [1.54, 1.807) is 12.1 Å². The van der Waals surface area contributed by atoms with E-state index in [9.17, 15) is 9.59 Å². The number of rotatable bonds is 6. The third kappa shape index (κ3) is 3.95. The minimum atomic E-state index is -0.229. The van der Waals surface area contributed by atoms with Crippen molar-refractivity contribution in [3.63, 3.8) is 0 Å². The van der Waals surface area contributed by atoms with Crippen LogP contribution < -0.4 is 10.6 Å². The van der Waals surface area contributed by atoms with Crippen molar-refractivity contribution in [3.05, 3.63) is 52.5 Å². The van der Waals surface area contributed by atoms with E-state index in [4.69, 9.17) is 0 Å².